The Morgan fingerprint density at radius 3 is 2.28 bits per heavy atom. The molecule has 0 aliphatic heterocycles. The van der Waals surface area contributed by atoms with Gasteiger partial charge in [0.25, 0.3) is 0 Å². The van der Waals surface area contributed by atoms with E-state index >= 15 is 0 Å². The molecule has 1 unspecified atom stereocenters. The monoisotopic (exact) mass is 472 g/mol. The van der Waals surface area contributed by atoms with Crippen molar-refractivity contribution < 1.29 is 9.59 Å². The van der Waals surface area contributed by atoms with Gasteiger partial charge in [0.1, 0.15) is 6.04 Å². The van der Waals surface area contributed by atoms with Gasteiger partial charge in [-0.1, -0.05) is 40.9 Å². The Kier molecular flexibility index (Phi) is 9.63. The summed E-state index contributed by atoms with van der Waals surface area (Å²) in [4.78, 5) is 27.9. The van der Waals surface area contributed by atoms with Crippen molar-refractivity contribution in [1.82, 2.24) is 10.2 Å². The lowest BCUT2D eigenvalue weighted by Gasteiger charge is -2.29. The first-order chi connectivity index (χ1) is 13.8. The van der Waals surface area contributed by atoms with Crippen LogP contribution in [0.15, 0.2) is 47.4 Å². The molecule has 2 rings (SSSR count). The third-order valence-electron chi connectivity index (χ3n) is 4.31. The zero-order valence-electron chi connectivity index (χ0n) is 16.3. The van der Waals surface area contributed by atoms with Gasteiger partial charge in [0.05, 0.1) is 0 Å². The number of thioether (sulfide) groups is 1. The van der Waals surface area contributed by atoms with Gasteiger partial charge in [-0.05, 0) is 50.2 Å². The quantitative estimate of drug-likeness (QED) is 0.476. The van der Waals surface area contributed by atoms with E-state index in [0.29, 0.717) is 32.9 Å². The molecule has 156 valence electrons. The highest BCUT2D eigenvalue weighted by molar-refractivity contribution is 7.99. The molecule has 2 amide bonds. The number of benzene rings is 2. The zero-order valence-corrected chi connectivity index (χ0v) is 19.3. The third kappa shape index (κ3) is 7.10. The van der Waals surface area contributed by atoms with Crippen molar-refractivity contribution in [3.63, 3.8) is 0 Å². The normalized spacial score (nSPS) is 11.8. The molecule has 8 heteroatoms. The molecule has 29 heavy (non-hydrogen) atoms. The van der Waals surface area contributed by atoms with Gasteiger partial charge in [0.15, 0.2) is 0 Å². The maximum atomic E-state index is 13.0. The predicted molar refractivity (Wildman–Crippen MR) is 122 cm³/mol. The standard InChI is InChI=1S/C21H23Cl3N2O2S/c1-3-25-21(28)14(2)26(13-17-18(23)5-4-6-19(17)24)20(27)11-12-29-16-9-7-15(22)8-10-16/h4-10,14H,3,11-13H2,1-2H3,(H,25,28). The zero-order chi connectivity index (χ0) is 21.4. The molecule has 0 saturated carbocycles. The molecule has 2 aromatic rings. The molecule has 0 bridgehead atoms. The lowest BCUT2D eigenvalue weighted by molar-refractivity contribution is -0.140. The summed E-state index contributed by atoms with van der Waals surface area (Å²) in [5, 5.41) is 4.37. The molecule has 0 aromatic heterocycles. The Morgan fingerprint density at radius 1 is 1.07 bits per heavy atom. The Labute approximate surface area is 190 Å². The Morgan fingerprint density at radius 2 is 1.69 bits per heavy atom. The SMILES string of the molecule is CCNC(=O)C(C)N(Cc1c(Cl)cccc1Cl)C(=O)CCSc1ccc(Cl)cc1. The van der Waals surface area contributed by atoms with Gasteiger partial charge in [-0.15, -0.1) is 11.8 Å². The summed E-state index contributed by atoms with van der Waals surface area (Å²) in [5.41, 5.74) is 0.630. The van der Waals surface area contributed by atoms with Crippen LogP contribution in [0.3, 0.4) is 0 Å². The van der Waals surface area contributed by atoms with Crippen LogP contribution >= 0.6 is 46.6 Å². The molecule has 0 aliphatic rings. The summed E-state index contributed by atoms with van der Waals surface area (Å²) in [6.45, 7) is 4.20. The maximum Gasteiger partial charge on any atom is 0.242 e. The number of halogens is 3. The van der Waals surface area contributed by atoms with E-state index in [2.05, 4.69) is 5.32 Å². The van der Waals surface area contributed by atoms with Crippen molar-refractivity contribution in [3.8, 4) is 0 Å². The van der Waals surface area contributed by atoms with Crippen molar-refractivity contribution in [2.45, 2.75) is 37.8 Å². The first kappa shape index (κ1) is 23.9. The largest absolute Gasteiger partial charge is 0.355 e. The number of carbonyl (C=O) groups is 2. The van der Waals surface area contributed by atoms with Crippen LogP contribution in [-0.2, 0) is 16.1 Å². The highest BCUT2D eigenvalue weighted by atomic mass is 35.5. The van der Waals surface area contributed by atoms with Gasteiger partial charge in [0, 0.05) is 50.8 Å². The molecule has 0 spiro atoms. The fourth-order valence-corrected chi connectivity index (χ4v) is 4.17. The topological polar surface area (TPSA) is 49.4 Å². The summed E-state index contributed by atoms with van der Waals surface area (Å²) < 4.78 is 0. The minimum Gasteiger partial charge on any atom is -0.355 e. The van der Waals surface area contributed by atoms with E-state index in [-0.39, 0.29) is 24.8 Å². The van der Waals surface area contributed by atoms with E-state index in [4.69, 9.17) is 34.8 Å². The van der Waals surface area contributed by atoms with E-state index in [1.165, 1.54) is 4.90 Å². The van der Waals surface area contributed by atoms with Crippen LogP contribution in [0.2, 0.25) is 15.1 Å². The minimum atomic E-state index is -0.643. The van der Waals surface area contributed by atoms with Crippen LogP contribution < -0.4 is 5.32 Å². The van der Waals surface area contributed by atoms with Gasteiger partial charge < -0.3 is 10.2 Å². The smallest absolute Gasteiger partial charge is 0.242 e. The number of rotatable bonds is 9. The van der Waals surface area contributed by atoms with Crippen LogP contribution in [0, 0.1) is 0 Å². The number of hydrogen-bond acceptors (Lipinski definition) is 3. The molecule has 1 N–H and O–H groups in total. The first-order valence-corrected chi connectivity index (χ1v) is 11.3. The van der Waals surface area contributed by atoms with Crippen LogP contribution in [-0.4, -0.2) is 35.1 Å². The van der Waals surface area contributed by atoms with Crippen LogP contribution in [0.5, 0.6) is 0 Å². The fourth-order valence-electron chi connectivity index (χ4n) is 2.69. The van der Waals surface area contributed by atoms with Crippen LogP contribution in [0.1, 0.15) is 25.8 Å². The van der Waals surface area contributed by atoms with E-state index < -0.39 is 6.04 Å². The second-order valence-electron chi connectivity index (χ2n) is 6.34. The minimum absolute atomic E-state index is 0.138. The molecule has 0 saturated heterocycles. The second kappa shape index (κ2) is 11.7. The van der Waals surface area contributed by atoms with Gasteiger partial charge >= 0.3 is 0 Å². The fraction of sp³-hybridized carbons (Fsp3) is 0.333. The lowest BCUT2D eigenvalue weighted by atomic mass is 10.1. The Balaban J connectivity index is 2.11. The highest BCUT2D eigenvalue weighted by Gasteiger charge is 2.26. The van der Waals surface area contributed by atoms with Crippen molar-refractivity contribution in [1.29, 1.82) is 0 Å². The second-order valence-corrected chi connectivity index (χ2v) is 8.76. The van der Waals surface area contributed by atoms with E-state index in [9.17, 15) is 9.59 Å². The predicted octanol–water partition coefficient (Wildman–Crippen LogP) is 5.68. The molecule has 0 radical (unpaired) electrons. The maximum absolute atomic E-state index is 13.0. The van der Waals surface area contributed by atoms with Gasteiger partial charge in [-0.2, -0.15) is 0 Å². The van der Waals surface area contributed by atoms with Crippen molar-refractivity contribution >= 4 is 58.4 Å². The number of nitrogens with one attached hydrogen (secondary N) is 1. The number of hydrogen-bond donors (Lipinski definition) is 1. The Bertz CT molecular complexity index is 826. The summed E-state index contributed by atoms with van der Waals surface area (Å²) in [7, 11) is 0. The van der Waals surface area contributed by atoms with Crippen LogP contribution in [0.4, 0.5) is 0 Å². The summed E-state index contributed by atoms with van der Waals surface area (Å²) in [6.07, 6.45) is 0.277. The average molecular weight is 474 g/mol. The number of likely N-dealkylation sites (N-methyl/N-ethyl adjacent to an activating group) is 1. The lowest BCUT2D eigenvalue weighted by Crippen LogP contribution is -2.47. The Hall–Kier alpha value is -1.40. The van der Waals surface area contributed by atoms with Gasteiger partial charge in [-0.25, -0.2) is 0 Å². The molecule has 0 fully saturated rings. The molecular formula is C21H23Cl3N2O2S. The van der Waals surface area contributed by atoms with Crippen molar-refractivity contribution in [2.75, 3.05) is 12.3 Å². The average Bonchev–Trinajstić information content (AvgIpc) is 2.69. The molecular weight excluding hydrogens is 451 g/mol. The van der Waals surface area contributed by atoms with E-state index in [0.717, 1.165) is 4.90 Å². The third-order valence-corrected chi connectivity index (χ3v) is 6.28. The summed E-state index contributed by atoms with van der Waals surface area (Å²) >= 11 is 20.0. The first-order valence-electron chi connectivity index (χ1n) is 9.22. The van der Waals surface area contributed by atoms with Crippen molar-refractivity contribution in [2.24, 2.45) is 0 Å². The summed E-state index contributed by atoms with van der Waals surface area (Å²) in [6, 6.07) is 12.0. The van der Waals surface area contributed by atoms with Crippen molar-refractivity contribution in [3.05, 3.63) is 63.1 Å². The van der Waals surface area contributed by atoms with E-state index in [1.54, 1.807) is 36.9 Å². The van der Waals surface area contributed by atoms with Gasteiger partial charge in [-0.3, -0.25) is 9.59 Å². The number of amides is 2. The number of nitrogens with zero attached hydrogens (tertiary/aromatic N) is 1. The highest BCUT2D eigenvalue weighted by Crippen LogP contribution is 2.27. The molecule has 0 heterocycles. The molecule has 1 atom stereocenters. The number of carbonyl (C=O) groups excluding carboxylic acids is 2. The molecule has 2 aromatic carbocycles. The summed E-state index contributed by atoms with van der Waals surface area (Å²) in [5.74, 6) is 0.227. The van der Waals surface area contributed by atoms with Crippen LogP contribution in [0.25, 0.3) is 0 Å². The molecule has 0 aliphatic carbocycles. The van der Waals surface area contributed by atoms with E-state index in [1.807, 2.05) is 31.2 Å². The van der Waals surface area contributed by atoms with Gasteiger partial charge in [0.2, 0.25) is 11.8 Å². The molecule has 4 nitrogen and oxygen atoms in total.